The van der Waals surface area contributed by atoms with Crippen molar-refractivity contribution in [1.29, 1.82) is 0 Å². The minimum absolute atomic E-state index is 0.0811. The van der Waals surface area contributed by atoms with Crippen LogP contribution in [0.2, 0.25) is 0 Å². The molecule has 1 aromatic rings. The minimum atomic E-state index is -0.704. The van der Waals surface area contributed by atoms with Gasteiger partial charge in [-0.3, -0.25) is 4.90 Å². The van der Waals surface area contributed by atoms with E-state index >= 15 is 0 Å². The van der Waals surface area contributed by atoms with E-state index in [-0.39, 0.29) is 13.2 Å². The number of nitrogens with zero attached hydrogens (tertiary/aromatic N) is 1. The summed E-state index contributed by atoms with van der Waals surface area (Å²) in [6, 6.07) is 8.62. The molecular weight excluding hydrogens is 274 g/mol. The van der Waals surface area contributed by atoms with Gasteiger partial charge in [-0.25, -0.2) is 9.59 Å². The molecule has 6 nitrogen and oxygen atoms in total. The second-order valence-corrected chi connectivity index (χ2v) is 4.96. The molecule has 1 heterocycles. The van der Waals surface area contributed by atoms with Gasteiger partial charge < -0.3 is 14.6 Å². The van der Waals surface area contributed by atoms with Gasteiger partial charge in [0.1, 0.15) is 12.6 Å². The molecule has 0 aromatic heterocycles. The van der Waals surface area contributed by atoms with Crippen LogP contribution in [-0.2, 0) is 20.9 Å². The fourth-order valence-corrected chi connectivity index (χ4v) is 2.34. The zero-order valence-electron chi connectivity index (χ0n) is 11.9. The number of benzene rings is 1. The standard InChI is InChI=1S/C15H19NO5/c1-20-15(19)16-9-12(17)7-8-13(16)14(18)21-10-11-5-3-2-4-6-11/h2-6,12-13,17H,7-10H2,1H3/t12-,13+/m1/s1. The maximum absolute atomic E-state index is 12.2. The largest absolute Gasteiger partial charge is 0.459 e. The van der Waals surface area contributed by atoms with Gasteiger partial charge in [0.05, 0.1) is 19.8 Å². The highest BCUT2D eigenvalue weighted by atomic mass is 16.6. The zero-order chi connectivity index (χ0) is 15.2. The van der Waals surface area contributed by atoms with Gasteiger partial charge in [-0.05, 0) is 18.4 Å². The molecule has 0 aliphatic carbocycles. The Hall–Kier alpha value is -2.08. The van der Waals surface area contributed by atoms with E-state index < -0.39 is 24.2 Å². The maximum Gasteiger partial charge on any atom is 0.410 e. The van der Waals surface area contributed by atoms with Gasteiger partial charge in [0.15, 0.2) is 0 Å². The molecule has 1 saturated heterocycles. The van der Waals surface area contributed by atoms with E-state index in [1.807, 2.05) is 30.3 Å². The normalized spacial score (nSPS) is 21.7. The predicted molar refractivity (Wildman–Crippen MR) is 74.4 cm³/mol. The predicted octanol–water partition coefficient (Wildman–Crippen LogP) is 1.32. The molecule has 1 fully saturated rings. The first-order valence-corrected chi connectivity index (χ1v) is 6.85. The average molecular weight is 293 g/mol. The van der Waals surface area contributed by atoms with Gasteiger partial charge in [0.2, 0.25) is 0 Å². The first-order valence-electron chi connectivity index (χ1n) is 6.85. The van der Waals surface area contributed by atoms with Crippen molar-refractivity contribution in [3.63, 3.8) is 0 Å². The Morgan fingerprint density at radius 3 is 2.67 bits per heavy atom. The number of esters is 1. The molecule has 0 bridgehead atoms. The molecule has 1 aliphatic rings. The minimum Gasteiger partial charge on any atom is -0.459 e. The van der Waals surface area contributed by atoms with Crippen LogP contribution in [-0.4, -0.2) is 47.9 Å². The molecule has 1 N–H and O–H groups in total. The molecule has 2 rings (SSSR count). The van der Waals surface area contributed by atoms with Crippen LogP contribution >= 0.6 is 0 Å². The van der Waals surface area contributed by atoms with E-state index in [1.54, 1.807) is 0 Å². The summed E-state index contributed by atoms with van der Waals surface area (Å²) in [5.74, 6) is -0.476. The van der Waals surface area contributed by atoms with E-state index in [4.69, 9.17) is 4.74 Å². The highest BCUT2D eigenvalue weighted by molar-refractivity contribution is 5.81. The van der Waals surface area contributed by atoms with E-state index in [2.05, 4.69) is 4.74 Å². The van der Waals surface area contributed by atoms with Crippen LogP contribution in [0.5, 0.6) is 0 Å². The Kier molecular flexibility index (Phi) is 5.16. The Morgan fingerprint density at radius 2 is 2.00 bits per heavy atom. The molecule has 21 heavy (non-hydrogen) atoms. The van der Waals surface area contributed by atoms with Crippen molar-refractivity contribution >= 4 is 12.1 Å². The Morgan fingerprint density at radius 1 is 1.29 bits per heavy atom. The monoisotopic (exact) mass is 293 g/mol. The fraction of sp³-hybridized carbons (Fsp3) is 0.467. The lowest BCUT2D eigenvalue weighted by Crippen LogP contribution is -2.52. The SMILES string of the molecule is COC(=O)N1C[C@H](O)CC[C@H]1C(=O)OCc1ccccc1. The van der Waals surface area contributed by atoms with Crippen LogP contribution < -0.4 is 0 Å². The van der Waals surface area contributed by atoms with Gasteiger partial charge in [-0.15, -0.1) is 0 Å². The van der Waals surface area contributed by atoms with Crippen molar-refractivity contribution in [2.45, 2.75) is 31.6 Å². The Balaban J connectivity index is 1.97. The molecule has 114 valence electrons. The van der Waals surface area contributed by atoms with Gasteiger partial charge in [-0.1, -0.05) is 30.3 Å². The summed E-state index contributed by atoms with van der Waals surface area (Å²) >= 11 is 0. The number of amides is 1. The first kappa shape index (κ1) is 15.3. The average Bonchev–Trinajstić information content (AvgIpc) is 2.52. The number of rotatable bonds is 3. The third kappa shape index (κ3) is 3.95. The summed E-state index contributed by atoms with van der Waals surface area (Å²) < 4.78 is 9.91. The third-order valence-electron chi connectivity index (χ3n) is 3.46. The Labute approximate surface area is 123 Å². The van der Waals surface area contributed by atoms with Crippen molar-refractivity contribution in [1.82, 2.24) is 4.90 Å². The third-order valence-corrected chi connectivity index (χ3v) is 3.46. The van der Waals surface area contributed by atoms with Gasteiger partial charge in [0, 0.05) is 0 Å². The maximum atomic E-state index is 12.2. The van der Waals surface area contributed by atoms with Crippen LogP contribution in [0.15, 0.2) is 30.3 Å². The molecule has 0 spiro atoms. The topological polar surface area (TPSA) is 76.1 Å². The van der Waals surface area contributed by atoms with Gasteiger partial charge in [0.25, 0.3) is 0 Å². The number of piperidine rings is 1. The summed E-state index contributed by atoms with van der Waals surface area (Å²) in [5, 5.41) is 9.63. The second kappa shape index (κ2) is 7.08. The number of hydrogen-bond donors (Lipinski definition) is 1. The number of aliphatic hydroxyl groups excluding tert-OH is 1. The number of aliphatic hydroxyl groups is 1. The number of ether oxygens (including phenoxy) is 2. The molecule has 6 heteroatoms. The lowest BCUT2D eigenvalue weighted by Gasteiger charge is -2.35. The summed E-state index contributed by atoms with van der Waals surface area (Å²) in [7, 11) is 1.25. The molecule has 0 radical (unpaired) electrons. The summed E-state index contributed by atoms with van der Waals surface area (Å²) in [6.45, 7) is 0.242. The molecule has 0 unspecified atom stereocenters. The van der Waals surface area contributed by atoms with Crippen LogP contribution in [0, 0.1) is 0 Å². The summed E-state index contributed by atoms with van der Waals surface area (Å²) in [6.07, 6.45) is -0.444. The highest BCUT2D eigenvalue weighted by Gasteiger charge is 2.37. The number of methoxy groups -OCH3 is 1. The first-order chi connectivity index (χ1) is 10.1. The van der Waals surface area contributed by atoms with Crippen molar-refractivity contribution in [2.24, 2.45) is 0 Å². The van der Waals surface area contributed by atoms with Crippen molar-refractivity contribution in [3.05, 3.63) is 35.9 Å². The van der Waals surface area contributed by atoms with Crippen LogP contribution in [0.25, 0.3) is 0 Å². The number of carbonyl (C=O) groups excluding carboxylic acids is 2. The fourth-order valence-electron chi connectivity index (χ4n) is 2.34. The molecule has 1 aliphatic heterocycles. The van der Waals surface area contributed by atoms with E-state index in [0.29, 0.717) is 12.8 Å². The van der Waals surface area contributed by atoms with Crippen molar-refractivity contribution < 1.29 is 24.2 Å². The quantitative estimate of drug-likeness (QED) is 0.851. The number of carbonyl (C=O) groups is 2. The molecular formula is C15H19NO5. The second-order valence-electron chi connectivity index (χ2n) is 4.96. The van der Waals surface area contributed by atoms with Gasteiger partial charge in [-0.2, -0.15) is 0 Å². The van der Waals surface area contributed by atoms with Gasteiger partial charge >= 0.3 is 12.1 Å². The summed E-state index contributed by atoms with van der Waals surface area (Å²) in [4.78, 5) is 25.1. The summed E-state index contributed by atoms with van der Waals surface area (Å²) in [5.41, 5.74) is 0.881. The molecule has 1 aromatic carbocycles. The van der Waals surface area contributed by atoms with Crippen LogP contribution in [0.3, 0.4) is 0 Å². The molecule has 1 amide bonds. The van der Waals surface area contributed by atoms with E-state index in [1.165, 1.54) is 12.0 Å². The van der Waals surface area contributed by atoms with Crippen LogP contribution in [0.4, 0.5) is 4.79 Å². The zero-order valence-corrected chi connectivity index (χ0v) is 11.9. The highest BCUT2D eigenvalue weighted by Crippen LogP contribution is 2.20. The lowest BCUT2D eigenvalue weighted by atomic mass is 10.0. The smallest absolute Gasteiger partial charge is 0.410 e. The molecule has 0 saturated carbocycles. The molecule has 2 atom stereocenters. The van der Waals surface area contributed by atoms with E-state index in [9.17, 15) is 14.7 Å². The van der Waals surface area contributed by atoms with Crippen LogP contribution in [0.1, 0.15) is 18.4 Å². The Bertz CT molecular complexity index is 490. The van der Waals surface area contributed by atoms with E-state index in [0.717, 1.165) is 5.56 Å². The number of hydrogen-bond acceptors (Lipinski definition) is 5. The van der Waals surface area contributed by atoms with Crippen molar-refractivity contribution in [2.75, 3.05) is 13.7 Å². The number of β-amino-alcohol motifs (C(OH)–C–C–N with tert-alkyl or cyclic N) is 1. The number of likely N-dealkylation sites (tertiary alicyclic amines) is 1. The van der Waals surface area contributed by atoms with Crippen molar-refractivity contribution in [3.8, 4) is 0 Å². The lowest BCUT2D eigenvalue weighted by molar-refractivity contribution is -0.153.